The number of piperazine rings is 1. The van der Waals surface area contributed by atoms with Crippen molar-refractivity contribution in [3.05, 3.63) is 59.1 Å². The van der Waals surface area contributed by atoms with Crippen molar-refractivity contribution in [1.29, 1.82) is 0 Å². The molecule has 1 saturated heterocycles. The first-order valence-corrected chi connectivity index (χ1v) is 10.3. The molecule has 1 unspecified atom stereocenters. The molecule has 1 heterocycles. The van der Waals surface area contributed by atoms with Crippen LogP contribution >= 0.6 is 11.6 Å². The average Bonchev–Trinajstić information content (AvgIpc) is 2.64. The Morgan fingerprint density at radius 3 is 2.43 bits per heavy atom. The monoisotopic (exact) mass is 429 g/mol. The van der Waals surface area contributed by atoms with Gasteiger partial charge < -0.3 is 10.2 Å². The topological polar surface area (TPSA) is 69.7 Å². The Hall–Kier alpha value is -2.23. The van der Waals surface area contributed by atoms with E-state index in [0.717, 1.165) is 12.1 Å². The summed E-state index contributed by atoms with van der Waals surface area (Å²) in [5.41, 5.74) is -0.143. The molecule has 0 aromatic heterocycles. The number of hydrogen-bond donors (Lipinski definition) is 1. The minimum Gasteiger partial charge on any atom is -0.322 e. The van der Waals surface area contributed by atoms with Gasteiger partial charge in [0.05, 0.1) is 10.6 Å². The second-order valence-corrected chi connectivity index (χ2v) is 8.75. The molecule has 6 nitrogen and oxygen atoms in total. The van der Waals surface area contributed by atoms with Crippen molar-refractivity contribution in [3.63, 3.8) is 0 Å². The second-order valence-electron chi connectivity index (χ2n) is 6.42. The minimum absolute atomic E-state index is 0.0887. The zero-order chi connectivity index (χ0) is 20.5. The van der Waals surface area contributed by atoms with E-state index in [4.69, 9.17) is 11.6 Å². The van der Waals surface area contributed by atoms with Crippen molar-refractivity contribution < 1.29 is 22.0 Å². The number of rotatable bonds is 3. The summed E-state index contributed by atoms with van der Waals surface area (Å²) in [5, 5.41) is 2.81. The summed E-state index contributed by atoms with van der Waals surface area (Å²) in [7, 11) is -3.73. The summed E-state index contributed by atoms with van der Waals surface area (Å²) in [5.74, 6) is -1.63. The molecule has 2 amide bonds. The number of halogens is 3. The van der Waals surface area contributed by atoms with Crippen molar-refractivity contribution >= 4 is 33.3 Å². The molecule has 1 N–H and O–H groups in total. The van der Waals surface area contributed by atoms with E-state index < -0.39 is 33.7 Å². The molecule has 150 valence electrons. The lowest BCUT2D eigenvalue weighted by Crippen LogP contribution is -2.56. The Kier molecular flexibility index (Phi) is 5.87. The van der Waals surface area contributed by atoms with E-state index in [-0.39, 0.29) is 30.2 Å². The van der Waals surface area contributed by atoms with Crippen LogP contribution in [-0.4, -0.2) is 49.3 Å². The summed E-state index contributed by atoms with van der Waals surface area (Å²) >= 11 is 5.81. The molecule has 1 fully saturated rings. The van der Waals surface area contributed by atoms with Crippen LogP contribution in [0.5, 0.6) is 0 Å². The number of hydrogen-bond acceptors (Lipinski definition) is 3. The summed E-state index contributed by atoms with van der Waals surface area (Å²) in [6.07, 6.45) is 0. The van der Waals surface area contributed by atoms with Crippen molar-refractivity contribution in [2.24, 2.45) is 0 Å². The van der Waals surface area contributed by atoms with Gasteiger partial charge in [0.1, 0.15) is 11.6 Å². The summed E-state index contributed by atoms with van der Waals surface area (Å²) < 4.78 is 53.7. The summed E-state index contributed by atoms with van der Waals surface area (Å²) in [6, 6.07) is 7.64. The number of benzene rings is 2. The van der Waals surface area contributed by atoms with Crippen molar-refractivity contribution in [2.45, 2.75) is 17.9 Å². The maximum atomic E-state index is 13.7. The first-order valence-electron chi connectivity index (χ1n) is 8.47. The van der Waals surface area contributed by atoms with E-state index >= 15 is 0 Å². The van der Waals surface area contributed by atoms with Gasteiger partial charge in [-0.3, -0.25) is 0 Å². The predicted octanol–water partition coefficient (Wildman–Crippen LogP) is 3.55. The Labute approximate surface area is 166 Å². The van der Waals surface area contributed by atoms with Crippen molar-refractivity contribution in [1.82, 2.24) is 9.21 Å². The van der Waals surface area contributed by atoms with Crippen molar-refractivity contribution in [3.8, 4) is 0 Å². The van der Waals surface area contributed by atoms with Gasteiger partial charge in [0.15, 0.2) is 0 Å². The van der Waals surface area contributed by atoms with Crippen LogP contribution in [0.4, 0.5) is 19.3 Å². The number of nitrogens with zero attached hydrogens (tertiary/aromatic N) is 2. The fourth-order valence-electron chi connectivity index (χ4n) is 3.01. The Morgan fingerprint density at radius 2 is 1.82 bits per heavy atom. The molecule has 1 aliphatic rings. The number of sulfonamides is 1. The van der Waals surface area contributed by atoms with Crippen LogP contribution < -0.4 is 5.32 Å². The standard InChI is InChI=1S/C18H18ClF2N3O3S/c1-12-11-23(18(25)22-17-7-4-14(20)10-16(17)21)8-9-24(12)28(26,27)15-5-2-13(19)3-6-15/h2-7,10,12H,8-9,11H2,1H3,(H,22,25). The van der Waals surface area contributed by atoms with Gasteiger partial charge in [-0.2, -0.15) is 4.31 Å². The van der Waals surface area contributed by atoms with E-state index in [1.165, 1.54) is 33.5 Å². The van der Waals surface area contributed by atoms with Gasteiger partial charge in [0.2, 0.25) is 10.0 Å². The largest absolute Gasteiger partial charge is 0.322 e. The smallest absolute Gasteiger partial charge is 0.322 e. The molecular formula is C18H18ClF2N3O3S. The molecule has 3 rings (SSSR count). The van der Waals surface area contributed by atoms with Gasteiger partial charge in [-0.15, -0.1) is 0 Å². The fourth-order valence-corrected chi connectivity index (χ4v) is 4.75. The van der Waals surface area contributed by atoms with E-state index in [0.29, 0.717) is 11.1 Å². The zero-order valence-electron chi connectivity index (χ0n) is 14.9. The molecule has 0 saturated carbocycles. The lowest BCUT2D eigenvalue weighted by atomic mass is 10.2. The van der Waals surface area contributed by atoms with E-state index in [1.54, 1.807) is 6.92 Å². The third kappa shape index (κ3) is 4.26. The third-order valence-corrected chi connectivity index (χ3v) is 6.73. The Bertz CT molecular complexity index is 986. The maximum absolute atomic E-state index is 13.7. The van der Waals surface area contributed by atoms with E-state index in [9.17, 15) is 22.0 Å². The average molecular weight is 430 g/mol. The molecule has 0 spiro atoms. The lowest BCUT2D eigenvalue weighted by Gasteiger charge is -2.38. The number of carbonyl (C=O) groups excluding carboxylic acids is 1. The number of nitrogens with one attached hydrogen (secondary N) is 1. The first kappa shape index (κ1) is 20.5. The first-order chi connectivity index (χ1) is 13.2. The van der Waals surface area contributed by atoms with Crippen LogP contribution in [0.1, 0.15) is 6.92 Å². The van der Waals surface area contributed by atoms with Crippen LogP contribution in [-0.2, 0) is 10.0 Å². The zero-order valence-corrected chi connectivity index (χ0v) is 16.5. The van der Waals surface area contributed by atoms with Crippen LogP contribution in [0.15, 0.2) is 47.4 Å². The summed E-state index contributed by atoms with van der Waals surface area (Å²) in [6.45, 7) is 2.03. The van der Waals surface area contributed by atoms with Crippen LogP contribution in [0.25, 0.3) is 0 Å². The van der Waals surface area contributed by atoms with Gasteiger partial charge in [-0.1, -0.05) is 11.6 Å². The molecule has 10 heteroatoms. The number of amides is 2. The molecule has 0 radical (unpaired) electrons. The van der Waals surface area contributed by atoms with Crippen LogP contribution in [0.2, 0.25) is 5.02 Å². The molecule has 2 aromatic rings. The minimum atomic E-state index is -3.73. The molecule has 2 aromatic carbocycles. The van der Waals surface area contributed by atoms with Gasteiger partial charge in [-0.25, -0.2) is 22.0 Å². The highest BCUT2D eigenvalue weighted by Crippen LogP contribution is 2.23. The maximum Gasteiger partial charge on any atom is 0.322 e. The molecule has 0 aliphatic carbocycles. The fraction of sp³-hybridized carbons (Fsp3) is 0.278. The quantitative estimate of drug-likeness (QED) is 0.811. The molecule has 0 bridgehead atoms. The lowest BCUT2D eigenvalue weighted by molar-refractivity contribution is 0.157. The number of anilines is 1. The predicted molar refractivity (Wildman–Crippen MR) is 102 cm³/mol. The van der Waals surface area contributed by atoms with E-state index in [2.05, 4.69) is 5.32 Å². The van der Waals surface area contributed by atoms with Gasteiger partial charge in [0, 0.05) is 36.8 Å². The molecule has 28 heavy (non-hydrogen) atoms. The van der Waals surface area contributed by atoms with E-state index in [1.807, 2.05) is 0 Å². The van der Waals surface area contributed by atoms with Gasteiger partial charge in [-0.05, 0) is 43.3 Å². The summed E-state index contributed by atoms with van der Waals surface area (Å²) in [4.78, 5) is 13.9. The highest BCUT2D eigenvalue weighted by Gasteiger charge is 2.35. The molecule has 1 atom stereocenters. The highest BCUT2D eigenvalue weighted by atomic mass is 35.5. The second kappa shape index (κ2) is 8.02. The normalized spacial score (nSPS) is 18.1. The number of carbonyl (C=O) groups is 1. The SMILES string of the molecule is CC1CN(C(=O)Nc2ccc(F)cc2F)CCN1S(=O)(=O)c1ccc(Cl)cc1. The van der Waals surface area contributed by atoms with Crippen molar-refractivity contribution in [2.75, 3.05) is 25.0 Å². The van der Waals surface area contributed by atoms with Gasteiger partial charge in [0.25, 0.3) is 0 Å². The number of urea groups is 1. The van der Waals surface area contributed by atoms with Crippen LogP contribution in [0.3, 0.4) is 0 Å². The molecular weight excluding hydrogens is 412 g/mol. The van der Waals surface area contributed by atoms with Gasteiger partial charge >= 0.3 is 6.03 Å². The Balaban J connectivity index is 1.69. The molecule has 1 aliphatic heterocycles. The Morgan fingerprint density at radius 1 is 1.14 bits per heavy atom. The van der Waals surface area contributed by atoms with Crippen LogP contribution in [0, 0.1) is 11.6 Å². The third-order valence-electron chi connectivity index (χ3n) is 4.45. The highest BCUT2D eigenvalue weighted by molar-refractivity contribution is 7.89.